The van der Waals surface area contributed by atoms with Crippen LogP contribution >= 0.6 is 0 Å². The van der Waals surface area contributed by atoms with Gasteiger partial charge in [0.25, 0.3) is 0 Å². The summed E-state index contributed by atoms with van der Waals surface area (Å²) in [5.74, 6) is 0.845. The van der Waals surface area contributed by atoms with Gasteiger partial charge in [0.15, 0.2) is 0 Å². The number of hydrogen-bond donors (Lipinski definition) is 1. The molecule has 1 saturated heterocycles. The number of hydrogen-bond acceptors (Lipinski definition) is 4. The van der Waals surface area contributed by atoms with Crippen LogP contribution in [0.2, 0.25) is 0 Å². The van der Waals surface area contributed by atoms with Crippen molar-refractivity contribution in [1.82, 2.24) is 4.90 Å². The zero-order valence-electron chi connectivity index (χ0n) is 11.7. The van der Waals surface area contributed by atoms with Gasteiger partial charge in [-0.15, -0.1) is 0 Å². The molecule has 4 nitrogen and oxygen atoms in total. The molecule has 0 spiro atoms. The molecule has 106 valence electrons. The van der Waals surface area contributed by atoms with Gasteiger partial charge in [-0.1, -0.05) is 12.1 Å². The van der Waals surface area contributed by atoms with Crippen LogP contribution in [0.4, 0.5) is 0 Å². The smallest absolute Gasteiger partial charge is 0.119 e. The second-order valence-corrected chi connectivity index (χ2v) is 5.16. The Kier molecular flexibility index (Phi) is 5.19. The Morgan fingerprint density at radius 1 is 1.21 bits per heavy atom. The lowest BCUT2D eigenvalue weighted by molar-refractivity contribution is 0.0143. The molecular weight excluding hydrogens is 242 g/mol. The minimum atomic E-state index is -0.453. The molecular formula is C15H23NO3. The molecule has 0 bridgehead atoms. The summed E-state index contributed by atoms with van der Waals surface area (Å²) in [5, 5.41) is 10.2. The summed E-state index contributed by atoms with van der Waals surface area (Å²) in [6, 6.07) is 7.70. The van der Waals surface area contributed by atoms with Crippen molar-refractivity contribution in [3.8, 4) is 5.75 Å². The fraction of sp³-hybridized carbons (Fsp3) is 0.600. The normalized spacial score (nSPS) is 18.5. The number of ether oxygens (including phenoxy) is 2. The summed E-state index contributed by atoms with van der Waals surface area (Å²) in [5.41, 5.74) is 0.933. The van der Waals surface area contributed by atoms with Crippen molar-refractivity contribution >= 4 is 0 Å². The van der Waals surface area contributed by atoms with Gasteiger partial charge in [0.1, 0.15) is 5.75 Å². The molecule has 0 saturated carbocycles. The average Bonchev–Trinajstić information content (AvgIpc) is 2.40. The van der Waals surface area contributed by atoms with Crippen molar-refractivity contribution in [2.45, 2.75) is 26.1 Å². The molecule has 4 heteroatoms. The van der Waals surface area contributed by atoms with Crippen molar-refractivity contribution in [2.75, 3.05) is 32.8 Å². The quantitative estimate of drug-likeness (QED) is 0.882. The molecule has 1 aromatic carbocycles. The van der Waals surface area contributed by atoms with Gasteiger partial charge >= 0.3 is 0 Å². The fourth-order valence-corrected chi connectivity index (χ4v) is 2.17. The van der Waals surface area contributed by atoms with Crippen LogP contribution in [-0.2, 0) is 4.74 Å². The van der Waals surface area contributed by atoms with Crippen LogP contribution < -0.4 is 4.74 Å². The first kappa shape index (κ1) is 14.3. The number of nitrogens with zero attached hydrogens (tertiary/aromatic N) is 1. The molecule has 1 aliphatic rings. The number of aliphatic hydroxyl groups excluding tert-OH is 1. The van der Waals surface area contributed by atoms with E-state index in [1.807, 2.05) is 38.1 Å². The van der Waals surface area contributed by atoms with Gasteiger partial charge in [-0.3, -0.25) is 4.90 Å². The molecule has 0 amide bonds. The molecule has 1 heterocycles. The second-order valence-electron chi connectivity index (χ2n) is 5.16. The minimum absolute atomic E-state index is 0.170. The minimum Gasteiger partial charge on any atom is -0.491 e. The van der Waals surface area contributed by atoms with E-state index in [1.165, 1.54) is 0 Å². The summed E-state index contributed by atoms with van der Waals surface area (Å²) in [4.78, 5) is 2.23. The largest absolute Gasteiger partial charge is 0.491 e. The Bertz CT molecular complexity index is 371. The lowest BCUT2D eigenvalue weighted by atomic mass is 10.1. The van der Waals surface area contributed by atoms with Crippen LogP contribution in [-0.4, -0.2) is 49.0 Å². The van der Waals surface area contributed by atoms with Gasteiger partial charge in [0.05, 0.1) is 25.4 Å². The monoisotopic (exact) mass is 265 g/mol. The van der Waals surface area contributed by atoms with E-state index in [4.69, 9.17) is 9.47 Å². The molecule has 0 aromatic heterocycles. The van der Waals surface area contributed by atoms with Crippen LogP contribution in [0.5, 0.6) is 5.75 Å². The van der Waals surface area contributed by atoms with Crippen molar-refractivity contribution in [1.29, 1.82) is 0 Å². The number of morpholine rings is 1. The third-order valence-electron chi connectivity index (χ3n) is 3.17. The molecule has 1 atom stereocenters. The van der Waals surface area contributed by atoms with Gasteiger partial charge in [0, 0.05) is 19.6 Å². The zero-order valence-corrected chi connectivity index (χ0v) is 11.7. The topological polar surface area (TPSA) is 41.9 Å². The van der Waals surface area contributed by atoms with E-state index >= 15 is 0 Å². The molecule has 1 aromatic rings. The number of rotatable bonds is 5. The molecule has 1 fully saturated rings. The highest BCUT2D eigenvalue weighted by Gasteiger charge is 2.16. The first-order valence-corrected chi connectivity index (χ1v) is 6.90. The first-order valence-electron chi connectivity index (χ1n) is 6.90. The maximum absolute atomic E-state index is 10.2. The highest BCUT2D eigenvalue weighted by Crippen LogP contribution is 2.19. The Morgan fingerprint density at radius 2 is 1.84 bits per heavy atom. The van der Waals surface area contributed by atoms with Gasteiger partial charge in [-0.2, -0.15) is 0 Å². The Morgan fingerprint density at radius 3 is 2.42 bits per heavy atom. The average molecular weight is 265 g/mol. The Hall–Kier alpha value is -1.10. The molecule has 1 aliphatic heterocycles. The third kappa shape index (κ3) is 4.49. The molecule has 2 rings (SSSR count). The van der Waals surface area contributed by atoms with Gasteiger partial charge in [0.2, 0.25) is 0 Å². The van der Waals surface area contributed by atoms with Crippen LogP contribution in [0.25, 0.3) is 0 Å². The van der Waals surface area contributed by atoms with Crippen LogP contribution in [0.15, 0.2) is 24.3 Å². The summed E-state index contributed by atoms with van der Waals surface area (Å²) in [6.07, 6.45) is -0.282. The summed E-state index contributed by atoms with van der Waals surface area (Å²) in [7, 11) is 0. The number of β-amino-alcohol motifs (C(OH)–C–C–N with tert-alkyl or cyclic N) is 1. The fourth-order valence-electron chi connectivity index (χ4n) is 2.17. The predicted octanol–water partition coefficient (Wildman–Crippen LogP) is 1.84. The predicted molar refractivity (Wildman–Crippen MR) is 74.4 cm³/mol. The lowest BCUT2D eigenvalue weighted by Crippen LogP contribution is -2.38. The highest BCUT2D eigenvalue weighted by molar-refractivity contribution is 5.28. The SMILES string of the molecule is CC(C)Oc1ccc(C(O)CN2CCOCC2)cc1. The van der Waals surface area contributed by atoms with Crippen LogP contribution in [0.1, 0.15) is 25.5 Å². The lowest BCUT2D eigenvalue weighted by Gasteiger charge is -2.28. The third-order valence-corrected chi connectivity index (χ3v) is 3.17. The van der Waals surface area contributed by atoms with Gasteiger partial charge < -0.3 is 14.6 Å². The number of aliphatic hydroxyl groups is 1. The van der Waals surface area contributed by atoms with E-state index in [0.29, 0.717) is 6.54 Å². The zero-order chi connectivity index (χ0) is 13.7. The molecule has 1 N–H and O–H groups in total. The van der Waals surface area contributed by atoms with Gasteiger partial charge in [-0.25, -0.2) is 0 Å². The first-order chi connectivity index (χ1) is 9.15. The van der Waals surface area contributed by atoms with Crippen molar-refractivity contribution in [3.63, 3.8) is 0 Å². The summed E-state index contributed by atoms with van der Waals surface area (Å²) < 4.78 is 10.9. The van der Waals surface area contributed by atoms with Crippen molar-refractivity contribution in [3.05, 3.63) is 29.8 Å². The maximum atomic E-state index is 10.2. The Labute approximate surface area is 114 Å². The van der Waals surface area contributed by atoms with E-state index in [-0.39, 0.29) is 6.10 Å². The summed E-state index contributed by atoms with van der Waals surface area (Å²) in [6.45, 7) is 7.97. The van der Waals surface area contributed by atoms with E-state index < -0.39 is 6.10 Å². The van der Waals surface area contributed by atoms with E-state index in [1.54, 1.807) is 0 Å². The van der Waals surface area contributed by atoms with Gasteiger partial charge in [-0.05, 0) is 31.5 Å². The maximum Gasteiger partial charge on any atom is 0.119 e. The van der Waals surface area contributed by atoms with Crippen LogP contribution in [0.3, 0.4) is 0 Å². The summed E-state index contributed by atoms with van der Waals surface area (Å²) >= 11 is 0. The highest BCUT2D eigenvalue weighted by atomic mass is 16.5. The van der Waals surface area contributed by atoms with Crippen molar-refractivity contribution < 1.29 is 14.6 Å². The van der Waals surface area contributed by atoms with Crippen LogP contribution in [0, 0.1) is 0 Å². The number of benzene rings is 1. The molecule has 0 aliphatic carbocycles. The second kappa shape index (κ2) is 6.89. The van der Waals surface area contributed by atoms with E-state index in [0.717, 1.165) is 37.6 Å². The van der Waals surface area contributed by atoms with Crippen molar-refractivity contribution in [2.24, 2.45) is 0 Å². The molecule has 19 heavy (non-hydrogen) atoms. The van der Waals surface area contributed by atoms with E-state index in [2.05, 4.69) is 4.90 Å². The van der Waals surface area contributed by atoms with E-state index in [9.17, 15) is 5.11 Å². The standard InChI is InChI=1S/C15H23NO3/c1-12(2)19-14-5-3-13(4-6-14)15(17)11-16-7-9-18-10-8-16/h3-6,12,15,17H,7-11H2,1-2H3. The Balaban J connectivity index is 1.89. The molecule has 0 radical (unpaired) electrons. The molecule has 1 unspecified atom stereocenters.